The zero-order chi connectivity index (χ0) is 17.9. The van der Waals surface area contributed by atoms with E-state index in [9.17, 15) is 20.2 Å². The third-order valence-corrected chi connectivity index (χ3v) is 3.55. The van der Waals surface area contributed by atoms with Crippen LogP contribution in [0.4, 0.5) is 16.2 Å². The second-order valence-corrected chi connectivity index (χ2v) is 6.71. The van der Waals surface area contributed by atoms with Crippen LogP contribution in [0.2, 0.25) is 0 Å². The summed E-state index contributed by atoms with van der Waals surface area (Å²) in [6, 6.07) is 6.18. The van der Waals surface area contributed by atoms with Gasteiger partial charge in [-0.2, -0.15) is 5.26 Å². The van der Waals surface area contributed by atoms with Crippen LogP contribution in [0.1, 0.15) is 32.8 Å². The monoisotopic (exact) mass is 332 g/mol. The van der Waals surface area contributed by atoms with Gasteiger partial charge >= 0.3 is 6.09 Å². The number of hydrogen-bond acceptors (Lipinski definition) is 6. The van der Waals surface area contributed by atoms with Crippen molar-refractivity contribution in [2.24, 2.45) is 0 Å². The Morgan fingerprint density at radius 3 is 2.79 bits per heavy atom. The molecular weight excluding hydrogens is 312 g/mol. The van der Waals surface area contributed by atoms with Gasteiger partial charge in [0.25, 0.3) is 5.69 Å². The smallest absolute Gasteiger partial charge is 0.407 e. The molecular formula is C16H20N4O4. The summed E-state index contributed by atoms with van der Waals surface area (Å²) in [5.74, 6) is 0. The maximum atomic E-state index is 11.8. The number of rotatable bonds is 3. The summed E-state index contributed by atoms with van der Waals surface area (Å²) in [5, 5.41) is 22.8. The average Bonchev–Trinajstić information content (AvgIpc) is 2.92. The minimum Gasteiger partial charge on any atom is -0.444 e. The van der Waals surface area contributed by atoms with E-state index in [1.807, 2.05) is 31.7 Å². The number of anilines is 1. The van der Waals surface area contributed by atoms with E-state index in [1.165, 1.54) is 12.1 Å². The van der Waals surface area contributed by atoms with Crippen molar-refractivity contribution < 1.29 is 14.5 Å². The van der Waals surface area contributed by atoms with Gasteiger partial charge in [0.15, 0.2) is 0 Å². The summed E-state index contributed by atoms with van der Waals surface area (Å²) in [4.78, 5) is 24.0. The average molecular weight is 332 g/mol. The fourth-order valence-electron chi connectivity index (χ4n) is 2.53. The molecule has 1 aliphatic heterocycles. The van der Waals surface area contributed by atoms with Gasteiger partial charge in [0.1, 0.15) is 12.2 Å². The molecule has 128 valence electrons. The molecule has 0 spiro atoms. The number of nitriles is 1. The summed E-state index contributed by atoms with van der Waals surface area (Å²) in [6.45, 7) is 6.66. The number of nitro benzene ring substituents is 1. The van der Waals surface area contributed by atoms with E-state index >= 15 is 0 Å². The first-order valence-electron chi connectivity index (χ1n) is 7.62. The molecule has 1 aliphatic rings. The quantitative estimate of drug-likeness (QED) is 0.673. The van der Waals surface area contributed by atoms with Crippen molar-refractivity contribution in [2.75, 3.05) is 18.0 Å². The van der Waals surface area contributed by atoms with Gasteiger partial charge in [-0.25, -0.2) is 4.79 Å². The fourth-order valence-corrected chi connectivity index (χ4v) is 2.53. The SMILES string of the molecule is CC(C)(C)NC(=O)O[C@H]1CCN(c2ccc([N+](=O)[O-])cc2C#N)C1. The highest BCUT2D eigenvalue weighted by Crippen LogP contribution is 2.28. The minimum absolute atomic E-state index is 0.119. The van der Waals surface area contributed by atoms with Crippen molar-refractivity contribution in [3.05, 3.63) is 33.9 Å². The summed E-state index contributed by atoms with van der Waals surface area (Å²) in [6.07, 6.45) is -0.119. The molecule has 2 rings (SSSR count). The minimum atomic E-state index is -0.530. The largest absolute Gasteiger partial charge is 0.444 e. The summed E-state index contributed by atoms with van der Waals surface area (Å²) >= 11 is 0. The van der Waals surface area contributed by atoms with Gasteiger partial charge in [-0.15, -0.1) is 0 Å². The first-order valence-corrected chi connectivity index (χ1v) is 7.62. The second-order valence-electron chi connectivity index (χ2n) is 6.71. The van der Waals surface area contributed by atoms with E-state index < -0.39 is 11.0 Å². The van der Waals surface area contributed by atoms with Crippen LogP contribution in [-0.4, -0.2) is 35.7 Å². The van der Waals surface area contributed by atoms with Crippen LogP contribution in [0.3, 0.4) is 0 Å². The van der Waals surface area contributed by atoms with Crippen molar-refractivity contribution in [1.82, 2.24) is 5.32 Å². The molecule has 0 saturated carbocycles. The first-order chi connectivity index (χ1) is 11.2. The van der Waals surface area contributed by atoms with Gasteiger partial charge in [0.2, 0.25) is 0 Å². The van der Waals surface area contributed by atoms with Crippen LogP contribution in [0.5, 0.6) is 0 Å². The highest BCUT2D eigenvalue weighted by molar-refractivity contribution is 5.69. The van der Waals surface area contributed by atoms with Gasteiger partial charge in [-0.3, -0.25) is 10.1 Å². The molecule has 1 aromatic carbocycles. The Balaban J connectivity index is 2.04. The Morgan fingerprint density at radius 2 is 2.21 bits per heavy atom. The Hall–Kier alpha value is -2.82. The number of alkyl carbamates (subject to hydrolysis) is 1. The zero-order valence-electron chi connectivity index (χ0n) is 13.9. The maximum Gasteiger partial charge on any atom is 0.407 e. The molecule has 24 heavy (non-hydrogen) atoms. The predicted octanol–water partition coefficient (Wildman–Crippen LogP) is 2.57. The van der Waals surface area contributed by atoms with Crippen LogP contribution in [0, 0.1) is 21.4 Å². The molecule has 8 heteroatoms. The molecule has 1 saturated heterocycles. The van der Waals surface area contributed by atoms with Gasteiger partial charge in [0, 0.05) is 30.6 Å². The number of nitro groups is 1. The van der Waals surface area contributed by atoms with E-state index in [0.29, 0.717) is 25.2 Å². The third-order valence-electron chi connectivity index (χ3n) is 3.55. The Kier molecular flexibility index (Phi) is 4.93. The summed E-state index contributed by atoms with van der Waals surface area (Å²) in [7, 11) is 0. The molecule has 1 atom stereocenters. The lowest BCUT2D eigenvalue weighted by Crippen LogP contribution is -2.42. The zero-order valence-corrected chi connectivity index (χ0v) is 13.9. The Bertz CT molecular complexity index is 690. The van der Waals surface area contributed by atoms with E-state index in [0.717, 1.165) is 0 Å². The van der Waals surface area contributed by atoms with Crippen molar-refractivity contribution in [2.45, 2.75) is 38.8 Å². The van der Waals surface area contributed by atoms with Crippen LogP contribution >= 0.6 is 0 Å². The molecule has 1 amide bonds. The standard InChI is InChI=1S/C16H20N4O4/c1-16(2,3)18-15(21)24-13-6-7-19(10-13)14-5-4-12(20(22)23)8-11(14)9-17/h4-5,8,13H,6-7,10H2,1-3H3,(H,18,21)/t13-/m0/s1. The summed E-state index contributed by atoms with van der Waals surface area (Å²) in [5.41, 5.74) is 0.364. The highest BCUT2D eigenvalue weighted by atomic mass is 16.6. The molecule has 0 radical (unpaired) electrons. The molecule has 1 fully saturated rings. The lowest BCUT2D eigenvalue weighted by atomic mass is 10.1. The molecule has 1 aromatic rings. The lowest BCUT2D eigenvalue weighted by molar-refractivity contribution is -0.384. The normalized spacial score (nSPS) is 17.2. The van der Waals surface area contributed by atoms with Crippen molar-refractivity contribution in [3.8, 4) is 6.07 Å². The number of nitrogens with zero attached hydrogens (tertiary/aromatic N) is 3. The van der Waals surface area contributed by atoms with E-state index in [1.54, 1.807) is 6.07 Å². The van der Waals surface area contributed by atoms with E-state index in [-0.39, 0.29) is 22.9 Å². The number of nitrogens with one attached hydrogen (secondary N) is 1. The number of carbonyl (C=O) groups excluding carboxylic acids is 1. The van der Waals surface area contributed by atoms with Crippen LogP contribution in [0.15, 0.2) is 18.2 Å². The number of ether oxygens (including phenoxy) is 1. The predicted molar refractivity (Wildman–Crippen MR) is 87.8 cm³/mol. The van der Waals surface area contributed by atoms with Gasteiger partial charge < -0.3 is 15.0 Å². The lowest BCUT2D eigenvalue weighted by Gasteiger charge is -2.22. The number of hydrogen-bond donors (Lipinski definition) is 1. The molecule has 1 heterocycles. The van der Waals surface area contributed by atoms with E-state index in [2.05, 4.69) is 5.32 Å². The van der Waals surface area contributed by atoms with Crippen LogP contribution < -0.4 is 10.2 Å². The molecule has 0 bridgehead atoms. The number of benzene rings is 1. The Morgan fingerprint density at radius 1 is 1.50 bits per heavy atom. The van der Waals surface area contributed by atoms with Crippen molar-refractivity contribution in [3.63, 3.8) is 0 Å². The highest BCUT2D eigenvalue weighted by Gasteiger charge is 2.28. The molecule has 0 aliphatic carbocycles. The second kappa shape index (κ2) is 6.74. The van der Waals surface area contributed by atoms with Gasteiger partial charge in [0.05, 0.1) is 22.7 Å². The summed E-state index contributed by atoms with van der Waals surface area (Å²) < 4.78 is 5.39. The number of carbonyl (C=O) groups is 1. The number of non-ortho nitro benzene ring substituents is 1. The molecule has 0 unspecified atom stereocenters. The fraction of sp³-hybridized carbons (Fsp3) is 0.500. The third kappa shape index (κ3) is 4.35. The van der Waals surface area contributed by atoms with Gasteiger partial charge in [-0.1, -0.05) is 0 Å². The van der Waals surface area contributed by atoms with Crippen molar-refractivity contribution >= 4 is 17.5 Å². The molecule has 1 N–H and O–H groups in total. The topological polar surface area (TPSA) is 108 Å². The van der Waals surface area contributed by atoms with Gasteiger partial charge in [-0.05, 0) is 26.8 Å². The van der Waals surface area contributed by atoms with Crippen molar-refractivity contribution in [1.29, 1.82) is 5.26 Å². The number of amides is 1. The van der Waals surface area contributed by atoms with Crippen LogP contribution in [-0.2, 0) is 4.74 Å². The Labute approximate surface area is 140 Å². The molecule has 8 nitrogen and oxygen atoms in total. The molecule has 0 aromatic heterocycles. The first kappa shape index (κ1) is 17.5. The maximum absolute atomic E-state index is 11.8. The van der Waals surface area contributed by atoms with E-state index in [4.69, 9.17) is 4.74 Å². The van der Waals surface area contributed by atoms with Crippen LogP contribution in [0.25, 0.3) is 0 Å².